The topological polar surface area (TPSA) is 20.2 Å². The zero-order chi connectivity index (χ0) is 8.41. The molecule has 0 fully saturated rings. The minimum absolute atomic E-state index is 0.990. The molecule has 0 heterocycles. The third-order valence-electron chi connectivity index (χ3n) is 0.709. The highest BCUT2D eigenvalue weighted by atomic mass is 79.9. The molecule has 0 saturated heterocycles. The van der Waals surface area contributed by atoms with E-state index in [4.69, 9.17) is 5.11 Å². The first-order chi connectivity index (χ1) is 4.21. The maximum Gasteiger partial charge on any atom is 0.389 e. The van der Waals surface area contributed by atoms with Gasteiger partial charge in [-0.3, -0.25) is 0 Å². The molecule has 1 atom stereocenters. The molecule has 0 aromatic rings. The van der Waals surface area contributed by atoms with E-state index >= 15 is 0 Å². The lowest BCUT2D eigenvalue weighted by Gasteiger charge is -2.11. The Hall–Kier alpha value is 0.160. The van der Waals surface area contributed by atoms with E-state index in [1.165, 1.54) is 0 Å². The summed E-state index contributed by atoms with van der Waals surface area (Å²) in [6.45, 7) is 0. The second-order valence-electron chi connectivity index (χ2n) is 1.78. The van der Waals surface area contributed by atoms with Crippen molar-refractivity contribution in [3.8, 4) is 0 Å². The quantitative estimate of drug-likeness (QED) is 0.564. The Morgan fingerprint density at radius 2 is 1.50 bits per heavy atom. The molecule has 0 radical (unpaired) electrons. The van der Waals surface area contributed by atoms with Crippen molar-refractivity contribution in [1.82, 2.24) is 0 Å². The van der Waals surface area contributed by atoms with Gasteiger partial charge in [0.2, 0.25) is 0 Å². The normalized spacial score (nSPS) is 18.6. The highest BCUT2D eigenvalue weighted by Gasteiger charge is 2.32. The molecular formula is C4H5BrF4O. The lowest BCUT2D eigenvalue weighted by atomic mass is 10.3. The van der Waals surface area contributed by atoms with Gasteiger partial charge in [-0.2, -0.15) is 17.6 Å². The Bertz CT molecular complexity index is 90.8. The molecule has 0 aliphatic heterocycles. The molecule has 0 bridgehead atoms. The molecule has 0 amide bonds. The minimum Gasteiger partial charge on any atom is -0.353 e. The summed E-state index contributed by atoms with van der Waals surface area (Å²) >= 11 is 2.02. The average Bonchev–Trinajstić information content (AvgIpc) is 1.57. The van der Waals surface area contributed by atoms with Crippen molar-refractivity contribution in [3.05, 3.63) is 0 Å². The van der Waals surface area contributed by atoms with Crippen LogP contribution in [0.5, 0.6) is 0 Å². The zero-order valence-electron chi connectivity index (χ0n) is 4.75. The molecule has 1 unspecified atom stereocenters. The van der Waals surface area contributed by atoms with Crippen LogP contribution in [0.2, 0.25) is 0 Å². The van der Waals surface area contributed by atoms with Crippen LogP contribution in [0.15, 0.2) is 0 Å². The molecule has 0 aromatic heterocycles. The molecule has 0 aliphatic rings. The largest absolute Gasteiger partial charge is 0.389 e. The maximum absolute atomic E-state index is 11.9. The van der Waals surface area contributed by atoms with Crippen molar-refractivity contribution >= 4 is 15.9 Å². The lowest BCUT2D eigenvalue weighted by molar-refractivity contribution is -0.148. The average molecular weight is 225 g/mol. The summed E-state index contributed by atoms with van der Waals surface area (Å²) in [4.78, 5) is 0. The van der Waals surface area contributed by atoms with Gasteiger partial charge < -0.3 is 5.11 Å². The van der Waals surface area contributed by atoms with E-state index in [1.807, 2.05) is 15.9 Å². The van der Waals surface area contributed by atoms with Gasteiger partial charge in [-0.15, -0.1) is 0 Å². The predicted octanol–water partition coefficient (Wildman–Crippen LogP) is 2.34. The summed E-state index contributed by atoms with van der Waals surface area (Å²) < 4.78 is 42.9. The van der Waals surface area contributed by atoms with Crippen LogP contribution in [-0.4, -0.2) is 16.0 Å². The van der Waals surface area contributed by atoms with Crippen molar-refractivity contribution in [1.29, 1.82) is 0 Å². The number of rotatable bonds is 2. The van der Waals surface area contributed by atoms with Gasteiger partial charge in [0, 0.05) is 12.8 Å². The molecule has 0 aliphatic carbocycles. The second kappa shape index (κ2) is 3.04. The summed E-state index contributed by atoms with van der Waals surface area (Å²) in [6.07, 6.45) is -6.75. The van der Waals surface area contributed by atoms with Crippen molar-refractivity contribution < 1.29 is 22.7 Å². The van der Waals surface area contributed by atoms with Gasteiger partial charge in [-0.25, -0.2) is 0 Å². The van der Waals surface area contributed by atoms with Gasteiger partial charge in [0.1, 0.15) is 0 Å². The van der Waals surface area contributed by atoms with Gasteiger partial charge >= 0.3 is 6.18 Å². The zero-order valence-corrected chi connectivity index (χ0v) is 6.34. The standard InChI is InChI=1S/C4H5BrF4O/c5-3(6,10)1-2-4(7,8)9/h10H,1-2H2. The van der Waals surface area contributed by atoms with Crippen molar-refractivity contribution in [2.75, 3.05) is 0 Å². The van der Waals surface area contributed by atoms with Gasteiger partial charge in [0.15, 0.2) is 0 Å². The summed E-state index contributed by atoms with van der Waals surface area (Å²) in [5.74, 6) is 0. The maximum atomic E-state index is 11.9. The Kier molecular flexibility index (Phi) is 3.09. The fourth-order valence-corrected chi connectivity index (χ4v) is 0.490. The number of alkyl halides is 5. The summed E-state index contributed by atoms with van der Waals surface area (Å²) in [5, 5.41) is 8.13. The predicted molar refractivity (Wildman–Crippen MR) is 30.3 cm³/mol. The van der Waals surface area contributed by atoms with Gasteiger partial charge in [0.25, 0.3) is 4.76 Å². The van der Waals surface area contributed by atoms with Gasteiger partial charge in [-0.1, -0.05) is 0 Å². The van der Waals surface area contributed by atoms with Crippen molar-refractivity contribution in [2.45, 2.75) is 23.8 Å². The Morgan fingerprint density at radius 3 is 1.60 bits per heavy atom. The molecule has 0 spiro atoms. The van der Waals surface area contributed by atoms with Crippen LogP contribution in [0.25, 0.3) is 0 Å². The van der Waals surface area contributed by atoms with Crippen LogP contribution >= 0.6 is 15.9 Å². The third kappa shape index (κ3) is 8.16. The first-order valence-electron chi connectivity index (χ1n) is 2.38. The molecule has 0 aromatic carbocycles. The van der Waals surface area contributed by atoms with Crippen LogP contribution in [0.3, 0.4) is 0 Å². The number of halogens is 5. The Morgan fingerprint density at radius 1 is 1.10 bits per heavy atom. The minimum atomic E-state index is -4.42. The van der Waals surface area contributed by atoms with Crippen LogP contribution in [0, 0.1) is 0 Å². The molecule has 1 N–H and O–H groups in total. The highest BCUT2D eigenvalue weighted by molar-refractivity contribution is 9.09. The van der Waals surface area contributed by atoms with Crippen LogP contribution in [0.1, 0.15) is 12.8 Å². The highest BCUT2D eigenvalue weighted by Crippen LogP contribution is 2.29. The summed E-state index contributed by atoms with van der Waals surface area (Å²) in [6, 6.07) is 0. The summed E-state index contributed by atoms with van der Waals surface area (Å²) in [5.41, 5.74) is 0. The molecule has 1 nitrogen and oxygen atoms in total. The number of aliphatic hydroxyl groups is 1. The molecule has 0 rings (SSSR count). The molecule has 62 valence electrons. The number of hydrogen-bond acceptors (Lipinski definition) is 1. The summed E-state index contributed by atoms with van der Waals surface area (Å²) in [7, 11) is 0. The molecule has 6 heteroatoms. The molecule has 0 saturated carbocycles. The van der Waals surface area contributed by atoms with E-state index in [0.29, 0.717) is 0 Å². The van der Waals surface area contributed by atoms with E-state index in [-0.39, 0.29) is 0 Å². The van der Waals surface area contributed by atoms with E-state index in [0.717, 1.165) is 0 Å². The van der Waals surface area contributed by atoms with E-state index in [1.54, 1.807) is 0 Å². The molecular weight excluding hydrogens is 220 g/mol. The first-order valence-corrected chi connectivity index (χ1v) is 3.17. The fraction of sp³-hybridized carbons (Fsp3) is 1.00. The van der Waals surface area contributed by atoms with E-state index in [2.05, 4.69) is 0 Å². The van der Waals surface area contributed by atoms with Gasteiger partial charge in [-0.05, 0) is 15.9 Å². The monoisotopic (exact) mass is 224 g/mol. The van der Waals surface area contributed by atoms with Gasteiger partial charge in [0.05, 0.1) is 0 Å². The Labute approximate surface area is 63.2 Å². The lowest BCUT2D eigenvalue weighted by Crippen LogP contribution is -2.17. The Balaban J connectivity index is 3.56. The number of hydrogen-bond donors (Lipinski definition) is 1. The first kappa shape index (κ1) is 10.2. The third-order valence-corrected chi connectivity index (χ3v) is 1.11. The fourth-order valence-electron chi connectivity index (χ4n) is 0.292. The molecule has 10 heavy (non-hydrogen) atoms. The van der Waals surface area contributed by atoms with E-state index < -0.39 is 23.8 Å². The SMILES string of the molecule is OC(F)(Br)CCC(F)(F)F. The van der Waals surface area contributed by atoms with Crippen LogP contribution in [-0.2, 0) is 0 Å². The second-order valence-corrected chi connectivity index (χ2v) is 3.00. The van der Waals surface area contributed by atoms with Crippen LogP contribution < -0.4 is 0 Å². The van der Waals surface area contributed by atoms with Crippen molar-refractivity contribution in [2.24, 2.45) is 0 Å². The van der Waals surface area contributed by atoms with Crippen LogP contribution in [0.4, 0.5) is 17.6 Å². The van der Waals surface area contributed by atoms with E-state index in [9.17, 15) is 17.6 Å². The smallest absolute Gasteiger partial charge is 0.353 e. The van der Waals surface area contributed by atoms with Crippen molar-refractivity contribution in [3.63, 3.8) is 0 Å².